The third-order valence-electron chi connectivity index (χ3n) is 5.04. The van der Waals surface area contributed by atoms with Gasteiger partial charge in [-0.2, -0.15) is 30.7 Å². The van der Waals surface area contributed by atoms with Gasteiger partial charge in [0.1, 0.15) is 17.2 Å². The second-order valence-corrected chi connectivity index (χ2v) is 7.92. The number of halogens is 7. The van der Waals surface area contributed by atoms with E-state index < -0.39 is 43.2 Å². The average Bonchev–Trinajstić information content (AvgIpc) is 2.80. The molecule has 2 N–H and O–H groups in total. The van der Waals surface area contributed by atoms with Crippen LogP contribution in [0.25, 0.3) is 0 Å². The van der Waals surface area contributed by atoms with Crippen LogP contribution in [0.15, 0.2) is 72.8 Å². The van der Waals surface area contributed by atoms with Gasteiger partial charge < -0.3 is 19.9 Å². The number of aliphatic hydroxyl groups excluding tert-OH is 1. The van der Waals surface area contributed by atoms with Crippen molar-refractivity contribution < 1.29 is 45.3 Å². The molecular weight excluding hydrogens is 495 g/mol. The molecule has 0 spiro atoms. The summed E-state index contributed by atoms with van der Waals surface area (Å²) in [5, 5.41) is 12.0. The highest BCUT2D eigenvalue weighted by Crippen LogP contribution is 2.33. The monoisotopic (exact) mass is 517 g/mol. The van der Waals surface area contributed by atoms with Crippen LogP contribution < -0.4 is 14.8 Å². The maximum atomic E-state index is 13.4. The van der Waals surface area contributed by atoms with Crippen molar-refractivity contribution in [1.82, 2.24) is 5.32 Å². The summed E-state index contributed by atoms with van der Waals surface area (Å²) in [6.45, 7) is 0.959. The molecule has 0 aliphatic heterocycles. The van der Waals surface area contributed by atoms with Crippen LogP contribution in [0.5, 0.6) is 17.2 Å². The van der Waals surface area contributed by atoms with Crippen molar-refractivity contribution in [3.63, 3.8) is 0 Å². The number of alkyl halides is 7. The quantitative estimate of drug-likeness (QED) is 0.297. The Hall–Kier alpha value is -3.31. The maximum Gasteiger partial charge on any atom is 0.461 e. The first kappa shape index (κ1) is 27.3. The first-order valence-electron chi connectivity index (χ1n) is 10.6. The number of aryl methyl sites for hydroxylation is 1. The fourth-order valence-corrected chi connectivity index (χ4v) is 3.23. The second-order valence-electron chi connectivity index (χ2n) is 7.92. The van der Waals surface area contributed by atoms with Gasteiger partial charge in [0.05, 0.1) is 6.04 Å². The first-order valence-corrected chi connectivity index (χ1v) is 10.6. The molecule has 0 aliphatic carbocycles. The number of hydrogen-bond donors (Lipinski definition) is 2. The molecule has 0 saturated heterocycles. The number of benzene rings is 3. The molecule has 11 heteroatoms. The zero-order valence-electron chi connectivity index (χ0n) is 18.8. The lowest BCUT2D eigenvalue weighted by Gasteiger charge is -2.24. The van der Waals surface area contributed by atoms with Crippen molar-refractivity contribution in [2.75, 3.05) is 6.54 Å². The first-order chi connectivity index (χ1) is 16.8. The van der Waals surface area contributed by atoms with Crippen LogP contribution in [0.3, 0.4) is 0 Å². The van der Waals surface area contributed by atoms with E-state index in [1.807, 2.05) is 19.1 Å². The van der Waals surface area contributed by atoms with Gasteiger partial charge in [-0.05, 0) is 54.4 Å². The average molecular weight is 517 g/mol. The number of rotatable bonds is 10. The molecule has 4 nitrogen and oxygen atoms in total. The molecule has 3 aromatic carbocycles. The highest BCUT2D eigenvalue weighted by Gasteiger charge is 2.44. The van der Waals surface area contributed by atoms with Crippen molar-refractivity contribution >= 4 is 0 Å². The van der Waals surface area contributed by atoms with E-state index in [-0.39, 0.29) is 5.56 Å². The summed E-state index contributed by atoms with van der Waals surface area (Å²) < 4.78 is 100. The second kappa shape index (κ2) is 11.2. The zero-order valence-corrected chi connectivity index (χ0v) is 18.8. The summed E-state index contributed by atoms with van der Waals surface area (Å²) in [6.07, 6.45) is -16.5. The Labute approximate surface area is 202 Å². The van der Waals surface area contributed by atoms with Crippen molar-refractivity contribution in [2.24, 2.45) is 0 Å². The highest BCUT2D eigenvalue weighted by atomic mass is 19.4. The van der Waals surface area contributed by atoms with Gasteiger partial charge in [0.25, 0.3) is 0 Å². The van der Waals surface area contributed by atoms with Crippen molar-refractivity contribution in [3.8, 4) is 17.2 Å². The number of nitrogens with one attached hydrogen (secondary N) is 1. The normalized spacial score (nSPS) is 13.9. The molecule has 1 unspecified atom stereocenters. The molecule has 194 valence electrons. The van der Waals surface area contributed by atoms with Gasteiger partial charge in [-0.25, -0.2) is 0 Å². The minimum atomic E-state index is -4.90. The summed E-state index contributed by atoms with van der Waals surface area (Å²) >= 11 is 0. The minimum Gasteiger partial charge on any atom is -0.457 e. The summed E-state index contributed by atoms with van der Waals surface area (Å²) in [7, 11) is 0. The van der Waals surface area contributed by atoms with Crippen LogP contribution in [0.4, 0.5) is 30.7 Å². The van der Waals surface area contributed by atoms with Gasteiger partial charge in [0, 0.05) is 6.54 Å². The molecule has 0 bridgehead atoms. The minimum absolute atomic E-state index is 0.124. The highest BCUT2D eigenvalue weighted by molar-refractivity contribution is 5.41. The molecular formula is C25H22F7NO3. The molecule has 0 radical (unpaired) electrons. The van der Waals surface area contributed by atoms with Gasteiger partial charge >= 0.3 is 18.7 Å². The number of ether oxygens (including phenoxy) is 2. The van der Waals surface area contributed by atoms with Crippen LogP contribution >= 0.6 is 0 Å². The molecule has 0 amide bonds. The molecule has 2 atom stereocenters. The predicted octanol–water partition coefficient (Wildman–Crippen LogP) is 6.63. The molecule has 0 aliphatic rings. The molecule has 3 rings (SSSR count). The van der Waals surface area contributed by atoms with Gasteiger partial charge in [-0.3, -0.25) is 0 Å². The Morgan fingerprint density at radius 3 is 1.92 bits per heavy atom. The van der Waals surface area contributed by atoms with Crippen LogP contribution in [0.2, 0.25) is 0 Å². The fourth-order valence-electron chi connectivity index (χ4n) is 3.23. The topological polar surface area (TPSA) is 50.7 Å². The fraction of sp³-hybridized carbons (Fsp3) is 0.280. The number of aliphatic hydroxyl groups is 1. The SMILES string of the molecule is Cc1ccc(Oc2cccc(C(NC[C@@H](O)C(F)(F)F)c3cccc(OC(F)(F)C(F)F)c3)c2)cc1. The Morgan fingerprint density at radius 2 is 1.36 bits per heavy atom. The Morgan fingerprint density at radius 1 is 0.806 bits per heavy atom. The summed E-state index contributed by atoms with van der Waals surface area (Å²) in [4.78, 5) is 0. The maximum absolute atomic E-state index is 13.4. The Balaban J connectivity index is 1.93. The molecule has 0 saturated carbocycles. The lowest BCUT2D eigenvalue weighted by molar-refractivity contribution is -0.253. The van der Waals surface area contributed by atoms with E-state index in [1.165, 1.54) is 18.2 Å². The Kier molecular flexibility index (Phi) is 8.47. The van der Waals surface area contributed by atoms with Gasteiger partial charge in [0.2, 0.25) is 0 Å². The summed E-state index contributed by atoms with van der Waals surface area (Å²) in [6, 6.07) is 16.9. The van der Waals surface area contributed by atoms with Crippen molar-refractivity contribution in [3.05, 3.63) is 89.5 Å². The smallest absolute Gasteiger partial charge is 0.457 e. The molecule has 36 heavy (non-hydrogen) atoms. The van der Waals surface area contributed by atoms with E-state index >= 15 is 0 Å². The predicted molar refractivity (Wildman–Crippen MR) is 118 cm³/mol. The number of hydrogen-bond acceptors (Lipinski definition) is 4. The zero-order chi connectivity index (χ0) is 26.5. The van der Waals surface area contributed by atoms with E-state index in [9.17, 15) is 35.8 Å². The van der Waals surface area contributed by atoms with E-state index in [0.717, 1.165) is 17.7 Å². The molecule has 3 aromatic rings. The van der Waals surface area contributed by atoms with E-state index in [0.29, 0.717) is 17.1 Å². The molecule has 0 fully saturated rings. The Bertz CT molecular complexity index is 1140. The lowest BCUT2D eigenvalue weighted by atomic mass is 9.98. The molecule has 0 heterocycles. The summed E-state index contributed by atoms with van der Waals surface area (Å²) in [5.74, 6) is 0.212. The van der Waals surface area contributed by atoms with Crippen molar-refractivity contribution in [2.45, 2.75) is 37.8 Å². The van der Waals surface area contributed by atoms with E-state index in [4.69, 9.17) is 4.74 Å². The lowest BCUT2D eigenvalue weighted by Crippen LogP contribution is -2.40. The third-order valence-corrected chi connectivity index (χ3v) is 5.04. The standard InChI is InChI=1S/C25H22F7NO3/c1-15-8-10-18(11-9-15)35-19-6-2-4-16(12-19)22(33-14-21(34)24(28,29)30)17-5-3-7-20(13-17)36-25(31,32)23(26)27/h2-13,21-23,33-34H,14H2,1H3/t21-,22?/m1/s1. The largest absolute Gasteiger partial charge is 0.461 e. The van der Waals surface area contributed by atoms with Crippen LogP contribution in [-0.2, 0) is 0 Å². The third kappa shape index (κ3) is 7.34. The van der Waals surface area contributed by atoms with Crippen LogP contribution in [-0.4, -0.2) is 36.5 Å². The summed E-state index contributed by atoms with van der Waals surface area (Å²) in [5.41, 5.74) is 1.48. The van der Waals surface area contributed by atoms with Crippen molar-refractivity contribution in [1.29, 1.82) is 0 Å². The molecule has 0 aromatic heterocycles. The van der Waals surface area contributed by atoms with E-state index in [2.05, 4.69) is 10.1 Å². The van der Waals surface area contributed by atoms with Gasteiger partial charge in [0.15, 0.2) is 6.10 Å². The van der Waals surface area contributed by atoms with Crippen LogP contribution in [0, 0.1) is 6.92 Å². The van der Waals surface area contributed by atoms with E-state index in [1.54, 1.807) is 30.3 Å². The van der Waals surface area contributed by atoms with Gasteiger partial charge in [-0.1, -0.05) is 42.0 Å². The van der Waals surface area contributed by atoms with Gasteiger partial charge in [-0.15, -0.1) is 0 Å². The van der Waals surface area contributed by atoms with Crippen LogP contribution in [0.1, 0.15) is 22.7 Å².